The molecule has 0 bridgehead atoms. The van der Waals surface area contributed by atoms with E-state index >= 15 is 0 Å². The van der Waals surface area contributed by atoms with Gasteiger partial charge >= 0.3 is 0 Å². The maximum absolute atomic E-state index is 2.35. The van der Waals surface area contributed by atoms with Crippen LogP contribution in [-0.2, 0) is 0 Å². The Bertz CT molecular complexity index is 372. The molecule has 0 aromatic carbocycles. The first-order valence-electron chi connectivity index (χ1n) is 17.2. The summed E-state index contributed by atoms with van der Waals surface area (Å²) in [5.74, 6) is 0. The molecule has 0 aromatic heterocycles. The predicted molar refractivity (Wildman–Crippen MR) is 164 cm³/mol. The molecule has 0 aliphatic carbocycles. The van der Waals surface area contributed by atoms with Crippen LogP contribution >= 0.6 is 0 Å². The van der Waals surface area contributed by atoms with Crippen molar-refractivity contribution < 1.29 is 0 Å². The maximum Gasteiger partial charge on any atom is -0.0297 e. The van der Waals surface area contributed by atoms with Gasteiger partial charge in [-0.05, 0) is 31.1 Å². The molecule has 0 rings (SSSR count). The molecular formula is C35H72. The maximum atomic E-state index is 2.35. The molecule has 212 valence electrons. The summed E-state index contributed by atoms with van der Waals surface area (Å²) < 4.78 is 0. The lowest BCUT2D eigenvalue weighted by molar-refractivity contribution is 0.171. The SMILES string of the molecule is CCCCCCCCCC[C@](CCCCCCC)(CCCCCCCC)CCCCCCCCC. The molecule has 0 spiro atoms. The minimum Gasteiger partial charge on any atom is -0.0654 e. The van der Waals surface area contributed by atoms with Crippen LogP contribution in [-0.4, -0.2) is 0 Å². The Morgan fingerprint density at radius 1 is 0.229 bits per heavy atom. The second kappa shape index (κ2) is 28.6. The first-order chi connectivity index (χ1) is 17.2. The first kappa shape index (κ1) is 35.0. The van der Waals surface area contributed by atoms with Gasteiger partial charge in [0.2, 0.25) is 0 Å². The van der Waals surface area contributed by atoms with Gasteiger partial charge in [0.25, 0.3) is 0 Å². The molecule has 0 N–H and O–H groups in total. The van der Waals surface area contributed by atoms with Crippen LogP contribution in [0.3, 0.4) is 0 Å². The Labute approximate surface area is 225 Å². The smallest absolute Gasteiger partial charge is 0.0297 e. The van der Waals surface area contributed by atoms with E-state index in [1.54, 1.807) is 19.3 Å². The summed E-state index contributed by atoms with van der Waals surface area (Å²) in [6, 6.07) is 0. The van der Waals surface area contributed by atoms with E-state index in [1.165, 1.54) is 173 Å². The monoisotopic (exact) mass is 493 g/mol. The molecule has 0 saturated heterocycles. The number of hydrogen-bond donors (Lipinski definition) is 0. The van der Waals surface area contributed by atoms with Gasteiger partial charge in [0.05, 0.1) is 0 Å². The zero-order valence-corrected chi connectivity index (χ0v) is 25.7. The largest absolute Gasteiger partial charge is 0.0654 e. The molecule has 1 atom stereocenters. The Morgan fingerprint density at radius 3 is 0.600 bits per heavy atom. The fourth-order valence-corrected chi connectivity index (χ4v) is 6.22. The Balaban J connectivity index is 4.72. The standard InChI is InChI=1S/C35H72/c1-5-9-13-17-20-22-26-30-34-35(31-27-23-16-12-8-4,32-28-24-19-15-11-7-3)33-29-25-21-18-14-10-6-2/h5-34H2,1-4H3/t35-/m1/s1. The molecule has 0 aliphatic rings. The van der Waals surface area contributed by atoms with E-state index < -0.39 is 0 Å². The topological polar surface area (TPSA) is 0 Å². The lowest BCUT2D eigenvalue weighted by Gasteiger charge is -2.35. The molecular weight excluding hydrogens is 420 g/mol. The van der Waals surface area contributed by atoms with Gasteiger partial charge in [-0.2, -0.15) is 0 Å². The quantitative estimate of drug-likeness (QED) is 0.0874. The van der Waals surface area contributed by atoms with Crippen LogP contribution in [0, 0.1) is 5.41 Å². The fraction of sp³-hybridized carbons (Fsp3) is 1.00. The van der Waals surface area contributed by atoms with Crippen LogP contribution in [0.15, 0.2) is 0 Å². The van der Waals surface area contributed by atoms with E-state index in [4.69, 9.17) is 0 Å². The molecule has 0 nitrogen and oxygen atoms in total. The van der Waals surface area contributed by atoms with Gasteiger partial charge in [0.15, 0.2) is 0 Å². The van der Waals surface area contributed by atoms with Gasteiger partial charge in [0.1, 0.15) is 0 Å². The average molecular weight is 493 g/mol. The van der Waals surface area contributed by atoms with E-state index in [0.717, 1.165) is 0 Å². The summed E-state index contributed by atoms with van der Waals surface area (Å²) >= 11 is 0. The van der Waals surface area contributed by atoms with Gasteiger partial charge in [-0.1, -0.05) is 195 Å². The second-order valence-corrected chi connectivity index (χ2v) is 12.3. The molecule has 0 heteroatoms. The van der Waals surface area contributed by atoms with Crippen LogP contribution < -0.4 is 0 Å². The summed E-state index contributed by atoms with van der Waals surface area (Å²) in [6.45, 7) is 9.36. The lowest BCUT2D eigenvalue weighted by atomic mass is 9.70. The zero-order valence-electron chi connectivity index (χ0n) is 25.7. The summed E-state index contributed by atoms with van der Waals surface area (Å²) in [6.07, 6.45) is 44.2. The second-order valence-electron chi connectivity index (χ2n) is 12.3. The molecule has 0 amide bonds. The van der Waals surface area contributed by atoms with Crippen LogP contribution in [0.2, 0.25) is 0 Å². The van der Waals surface area contributed by atoms with Gasteiger partial charge in [-0.15, -0.1) is 0 Å². The van der Waals surface area contributed by atoms with E-state index in [-0.39, 0.29) is 0 Å². The molecule has 0 heterocycles. The van der Waals surface area contributed by atoms with Crippen molar-refractivity contribution in [3.05, 3.63) is 0 Å². The highest BCUT2D eigenvalue weighted by Crippen LogP contribution is 2.42. The molecule has 0 saturated carbocycles. The zero-order chi connectivity index (χ0) is 25.7. The van der Waals surface area contributed by atoms with E-state index in [2.05, 4.69) is 27.7 Å². The number of unbranched alkanes of at least 4 members (excludes halogenated alkanes) is 22. The minimum absolute atomic E-state index is 0.683. The summed E-state index contributed by atoms with van der Waals surface area (Å²) in [7, 11) is 0. The van der Waals surface area contributed by atoms with Crippen molar-refractivity contribution in [2.75, 3.05) is 0 Å². The van der Waals surface area contributed by atoms with Crippen molar-refractivity contribution in [1.82, 2.24) is 0 Å². The van der Waals surface area contributed by atoms with Crippen LogP contribution in [0.1, 0.15) is 220 Å². The molecule has 0 fully saturated rings. The van der Waals surface area contributed by atoms with Crippen LogP contribution in [0.4, 0.5) is 0 Å². The van der Waals surface area contributed by atoms with Gasteiger partial charge < -0.3 is 0 Å². The van der Waals surface area contributed by atoms with Crippen LogP contribution in [0.5, 0.6) is 0 Å². The van der Waals surface area contributed by atoms with Crippen molar-refractivity contribution >= 4 is 0 Å². The third kappa shape index (κ3) is 24.1. The van der Waals surface area contributed by atoms with Crippen molar-refractivity contribution in [3.63, 3.8) is 0 Å². The normalized spacial score (nSPS) is 13.4. The Morgan fingerprint density at radius 2 is 0.400 bits per heavy atom. The van der Waals surface area contributed by atoms with Crippen molar-refractivity contribution in [2.24, 2.45) is 5.41 Å². The summed E-state index contributed by atoms with van der Waals surface area (Å²) in [5.41, 5.74) is 0.683. The number of rotatable bonds is 30. The fourth-order valence-electron chi connectivity index (χ4n) is 6.22. The van der Waals surface area contributed by atoms with E-state index in [9.17, 15) is 0 Å². The van der Waals surface area contributed by atoms with E-state index in [1.807, 2.05) is 0 Å². The Kier molecular flexibility index (Phi) is 28.6. The highest BCUT2D eigenvalue weighted by Gasteiger charge is 2.28. The highest BCUT2D eigenvalue weighted by atomic mass is 14.3. The summed E-state index contributed by atoms with van der Waals surface area (Å²) in [4.78, 5) is 0. The molecule has 0 aromatic rings. The van der Waals surface area contributed by atoms with Crippen molar-refractivity contribution in [1.29, 1.82) is 0 Å². The van der Waals surface area contributed by atoms with Crippen molar-refractivity contribution in [3.8, 4) is 0 Å². The third-order valence-electron chi connectivity index (χ3n) is 8.74. The highest BCUT2D eigenvalue weighted by molar-refractivity contribution is 4.80. The molecule has 35 heavy (non-hydrogen) atoms. The molecule has 0 unspecified atom stereocenters. The van der Waals surface area contributed by atoms with Crippen LogP contribution in [0.25, 0.3) is 0 Å². The van der Waals surface area contributed by atoms with Gasteiger partial charge in [0, 0.05) is 0 Å². The first-order valence-corrected chi connectivity index (χ1v) is 17.2. The average Bonchev–Trinajstić information content (AvgIpc) is 2.87. The van der Waals surface area contributed by atoms with Gasteiger partial charge in [-0.3, -0.25) is 0 Å². The molecule has 0 aliphatic heterocycles. The predicted octanol–water partition coefficient (Wildman–Crippen LogP) is 13.8. The van der Waals surface area contributed by atoms with Gasteiger partial charge in [-0.25, -0.2) is 0 Å². The third-order valence-corrected chi connectivity index (χ3v) is 8.74. The lowest BCUT2D eigenvalue weighted by Crippen LogP contribution is -2.21. The summed E-state index contributed by atoms with van der Waals surface area (Å²) in [5, 5.41) is 0. The Hall–Kier alpha value is 0. The van der Waals surface area contributed by atoms with Crippen molar-refractivity contribution in [2.45, 2.75) is 220 Å². The van der Waals surface area contributed by atoms with E-state index in [0.29, 0.717) is 5.41 Å². The number of hydrogen-bond acceptors (Lipinski definition) is 0. The minimum atomic E-state index is 0.683. The molecule has 0 radical (unpaired) electrons.